The maximum absolute atomic E-state index is 5.26. The van der Waals surface area contributed by atoms with Gasteiger partial charge in [-0.05, 0) is 31.4 Å². The number of alkyl halides is 1. The molecule has 0 amide bonds. The monoisotopic (exact) mass is 271 g/mol. The van der Waals surface area contributed by atoms with Crippen molar-refractivity contribution in [1.29, 1.82) is 0 Å². The van der Waals surface area contributed by atoms with Crippen LogP contribution in [0.5, 0.6) is 5.75 Å². The average molecular weight is 272 g/mol. The van der Waals surface area contributed by atoms with Gasteiger partial charge < -0.3 is 4.74 Å². The van der Waals surface area contributed by atoms with Gasteiger partial charge in [-0.1, -0.05) is 29.3 Å². The molecule has 2 nitrogen and oxygen atoms in total. The predicted molar refractivity (Wildman–Crippen MR) is 66.7 cm³/mol. The zero-order valence-corrected chi connectivity index (χ0v) is 11.0. The largest absolute Gasteiger partial charge is 0.495 e. The van der Waals surface area contributed by atoms with Gasteiger partial charge >= 0.3 is 0 Å². The number of hydrogen-bond donors (Lipinski definition) is 0. The molecule has 0 aromatic carbocycles. The molecule has 15 heavy (non-hydrogen) atoms. The molecule has 0 fully saturated rings. The fourth-order valence-corrected chi connectivity index (χ4v) is 2.23. The van der Waals surface area contributed by atoms with Crippen LogP contribution in [0.2, 0.25) is 0 Å². The van der Waals surface area contributed by atoms with E-state index in [1.807, 2.05) is 18.3 Å². The molecular formula is C12H18BrNO. The van der Waals surface area contributed by atoms with E-state index < -0.39 is 0 Å². The van der Waals surface area contributed by atoms with E-state index in [1.165, 1.54) is 12.8 Å². The molecule has 0 aliphatic carbocycles. The van der Waals surface area contributed by atoms with Gasteiger partial charge in [-0.25, -0.2) is 0 Å². The zero-order chi connectivity index (χ0) is 11.1. The Kier molecular flexibility index (Phi) is 5.69. The van der Waals surface area contributed by atoms with Crippen molar-refractivity contribution < 1.29 is 4.74 Å². The Bertz CT molecular complexity index is 291. The SMILES string of the molecule is CCCC(Br)CCc1ncccc1OC. The van der Waals surface area contributed by atoms with Crippen LogP contribution in [-0.2, 0) is 6.42 Å². The predicted octanol–water partition coefficient (Wildman–Crippen LogP) is 3.59. The molecule has 0 spiro atoms. The van der Waals surface area contributed by atoms with Gasteiger partial charge in [0.15, 0.2) is 0 Å². The van der Waals surface area contributed by atoms with Gasteiger partial charge in [0, 0.05) is 11.0 Å². The van der Waals surface area contributed by atoms with Crippen LogP contribution in [-0.4, -0.2) is 16.9 Å². The molecule has 1 atom stereocenters. The fourth-order valence-electron chi connectivity index (χ4n) is 1.55. The molecule has 0 aliphatic rings. The molecule has 0 bridgehead atoms. The molecule has 3 heteroatoms. The highest BCUT2D eigenvalue weighted by Gasteiger charge is 2.07. The average Bonchev–Trinajstić information content (AvgIpc) is 2.27. The lowest BCUT2D eigenvalue weighted by atomic mass is 10.1. The van der Waals surface area contributed by atoms with Crippen molar-refractivity contribution in [3.63, 3.8) is 0 Å². The van der Waals surface area contributed by atoms with Gasteiger partial charge in [0.1, 0.15) is 5.75 Å². The number of hydrogen-bond acceptors (Lipinski definition) is 2. The molecule has 1 heterocycles. The van der Waals surface area contributed by atoms with E-state index in [2.05, 4.69) is 27.8 Å². The van der Waals surface area contributed by atoms with Gasteiger partial charge in [-0.15, -0.1) is 0 Å². The highest BCUT2D eigenvalue weighted by Crippen LogP contribution is 2.20. The standard InChI is InChI=1S/C12H18BrNO/c1-3-5-10(13)7-8-11-12(15-2)6-4-9-14-11/h4,6,9-10H,3,5,7-8H2,1-2H3. The van der Waals surface area contributed by atoms with Crippen molar-refractivity contribution in [2.24, 2.45) is 0 Å². The number of aromatic nitrogens is 1. The maximum Gasteiger partial charge on any atom is 0.140 e. The van der Waals surface area contributed by atoms with Gasteiger partial charge in [-0.3, -0.25) is 4.98 Å². The lowest BCUT2D eigenvalue weighted by Crippen LogP contribution is -2.02. The van der Waals surface area contributed by atoms with Crippen LogP contribution in [0.3, 0.4) is 0 Å². The van der Waals surface area contributed by atoms with E-state index in [9.17, 15) is 0 Å². The summed E-state index contributed by atoms with van der Waals surface area (Å²) >= 11 is 3.67. The zero-order valence-electron chi connectivity index (χ0n) is 9.37. The van der Waals surface area contributed by atoms with Gasteiger partial charge in [0.25, 0.3) is 0 Å². The van der Waals surface area contributed by atoms with Crippen molar-refractivity contribution >= 4 is 15.9 Å². The van der Waals surface area contributed by atoms with Crippen LogP contribution in [0.25, 0.3) is 0 Å². The smallest absolute Gasteiger partial charge is 0.140 e. The minimum atomic E-state index is 0.592. The van der Waals surface area contributed by atoms with Crippen LogP contribution in [0.1, 0.15) is 31.9 Å². The Balaban J connectivity index is 2.49. The first-order valence-electron chi connectivity index (χ1n) is 5.39. The summed E-state index contributed by atoms with van der Waals surface area (Å²) in [5, 5.41) is 0. The summed E-state index contributed by atoms with van der Waals surface area (Å²) in [5.41, 5.74) is 1.06. The summed E-state index contributed by atoms with van der Waals surface area (Å²) < 4.78 is 5.26. The number of nitrogens with zero attached hydrogens (tertiary/aromatic N) is 1. The third-order valence-electron chi connectivity index (χ3n) is 2.36. The quantitative estimate of drug-likeness (QED) is 0.738. The molecule has 1 unspecified atom stereocenters. The summed E-state index contributed by atoms with van der Waals surface area (Å²) in [4.78, 5) is 4.93. The Morgan fingerprint density at radius 3 is 2.93 bits per heavy atom. The van der Waals surface area contributed by atoms with Gasteiger partial charge in [0.2, 0.25) is 0 Å². The normalized spacial score (nSPS) is 12.5. The molecule has 0 N–H and O–H groups in total. The molecule has 1 aromatic heterocycles. The lowest BCUT2D eigenvalue weighted by molar-refractivity contribution is 0.406. The van der Waals surface area contributed by atoms with Crippen LogP contribution < -0.4 is 4.74 Å². The lowest BCUT2D eigenvalue weighted by Gasteiger charge is -2.09. The number of halogens is 1. The van der Waals surface area contributed by atoms with Crippen LogP contribution in [0.15, 0.2) is 18.3 Å². The van der Waals surface area contributed by atoms with Crippen molar-refractivity contribution in [3.05, 3.63) is 24.0 Å². The highest BCUT2D eigenvalue weighted by molar-refractivity contribution is 9.09. The highest BCUT2D eigenvalue weighted by atomic mass is 79.9. The van der Waals surface area contributed by atoms with Gasteiger partial charge in [-0.2, -0.15) is 0 Å². The van der Waals surface area contributed by atoms with E-state index in [0.29, 0.717) is 4.83 Å². The second-order valence-corrected chi connectivity index (χ2v) is 4.87. The summed E-state index contributed by atoms with van der Waals surface area (Å²) in [7, 11) is 1.69. The molecule has 1 aromatic rings. The number of pyridine rings is 1. The fraction of sp³-hybridized carbons (Fsp3) is 0.583. The summed E-state index contributed by atoms with van der Waals surface area (Å²) in [6, 6.07) is 3.87. The maximum atomic E-state index is 5.26. The van der Waals surface area contributed by atoms with E-state index in [-0.39, 0.29) is 0 Å². The number of methoxy groups -OCH3 is 1. The Hall–Kier alpha value is -0.570. The van der Waals surface area contributed by atoms with Crippen LogP contribution in [0, 0.1) is 0 Å². The second kappa shape index (κ2) is 6.83. The molecule has 0 saturated carbocycles. The first-order chi connectivity index (χ1) is 7.27. The molecule has 1 rings (SSSR count). The molecule has 0 radical (unpaired) electrons. The van der Waals surface area contributed by atoms with E-state index in [1.54, 1.807) is 7.11 Å². The minimum absolute atomic E-state index is 0.592. The molecule has 84 valence electrons. The number of rotatable bonds is 6. The first-order valence-corrected chi connectivity index (χ1v) is 6.31. The van der Waals surface area contributed by atoms with Crippen LogP contribution in [0.4, 0.5) is 0 Å². The third-order valence-corrected chi connectivity index (χ3v) is 3.28. The van der Waals surface area contributed by atoms with Gasteiger partial charge in [0.05, 0.1) is 12.8 Å². The topological polar surface area (TPSA) is 22.1 Å². The van der Waals surface area contributed by atoms with Crippen molar-refractivity contribution in [2.45, 2.75) is 37.4 Å². The van der Waals surface area contributed by atoms with Crippen molar-refractivity contribution in [3.8, 4) is 5.75 Å². The summed E-state index contributed by atoms with van der Waals surface area (Å²) in [5.74, 6) is 0.897. The third kappa shape index (κ3) is 4.20. The Morgan fingerprint density at radius 2 is 2.27 bits per heavy atom. The summed E-state index contributed by atoms with van der Waals surface area (Å²) in [6.45, 7) is 2.20. The van der Waals surface area contributed by atoms with E-state index >= 15 is 0 Å². The Morgan fingerprint density at radius 1 is 1.47 bits per heavy atom. The Labute approximate surface area is 100 Å². The van der Waals surface area contributed by atoms with Crippen molar-refractivity contribution in [2.75, 3.05) is 7.11 Å². The second-order valence-electron chi connectivity index (χ2n) is 3.58. The molecule has 0 aliphatic heterocycles. The summed E-state index contributed by atoms with van der Waals surface area (Å²) in [6.07, 6.45) is 6.34. The van der Waals surface area contributed by atoms with E-state index in [0.717, 1.165) is 24.3 Å². The van der Waals surface area contributed by atoms with E-state index in [4.69, 9.17) is 4.74 Å². The minimum Gasteiger partial charge on any atom is -0.495 e. The molecule has 0 saturated heterocycles. The molecular weight excluding hydrogens is 254 g/mol. The van der Waals surface area contributed by atoms with Crippen LogP contribution >= 0.6 is 15.9 Å². The first kappa shape index (κ1) is 12.5. The number of aryl methyl sites for hydroxylation is 1. The van der Waals surface area contributed by atoms with Crippen molar-refractivity contribution in [1.82, 2.24) is 4.98 Å². The number of ether oxygens (including phenoxy) is 1.